The minimum Gasteiger partial charge on any atom is -0.484 e. The Labute approximate surface area is 177 Å². The van der Waals surface area contributed by atoms with Crippen molar-refractivity contribution in [2.75, 3.05) is 22.5 Å². The molecule has 0 heterocycles. The highest BCUT2D eigenvalue weighted by atomic mass is 32.2. The first-order valence-corrected chi connectivity index (χ1v) is 11.3. The normalized spacial score (nSPS) is 11.0. The predicted octanol–water partition coefficient (Wildman–Crippen LogP) is 3.98. The predicted molar refractivity (Wildman–Crippen MR) is 119 cm³/mol. The van der Waals surface area contributed by atoms with Crippen LogP contribution in [0, 0.1) is 6.92 Å². The molecule has 0 saturated carbocycles. The van der Waals surface area contributed by atoms with Crippen molar-refractivity contribution >= 4 is 27.3 Å². The summed E-state index contributed by atoms with van der Waals surface area (Å²) in [6.07, 6.45) is 1.18. The first-order chi connectivity index (χ1) is 14.3. The number of rotatable bonds is 8. The van der Waals surface area contributed by atoms with Gasteiger partial charge in [-0.15, -0.1) is 0 Å². The number of carbonyl (C=O) groups is 1. The summed E-state index contributed by atoms with van der Waals surface area (Å²) in [6, 6.07) is 23.5. The van der Waals surface area contributed by atoms with E-state index in [4.69, 9.17) is 4.74 Å². The van der Waals surface area contributed by atoms with Gasteiger partial charge >= 0.3 is 0 Å². The third kappa shape index (κ3) is 6.09. The Balaban J connectivity index is 1.63. The maximum atomic E-state index is 12.3. The average molecular weight is 425 g/mol. The number of sulfonamides is 1. The number of nitrogens with zero attached hydrogens (tertiary/aromatic N) is 1. The molecule has 0 spiro atoms. The molecule has 0 unspecified atom stereocenters. The van der Waals surface area contributed by atoms with Crippen molar-refractivity contribution < 1.29 is 17.9 Å². The molecule has 0 bridgehead atoms. The lowest BCUT2D eigenvalue weighted by atomic mass is 10.2. The van der Waals surface area contributed by atoms with E-state index in [9.17, 15) is 13.2 Å². The summed E-state index contributed by atoms with van der Waals surface area (Å²) in [5, 5.41) is 2.78. The molecule has 3 rings (SSSR count). The lowest BCUT2D eigenvalue weighted by Gasteiger charge is -2.22. The maximum Gasteiger partial charge on any atom is 0.262 e. The SMILES string of the molecule is Cc1cccc(NC(=O)COc2ccc(N(Cc3ccccc3)S(C)(=O)=O)cc2)c1. The molecule has 3 aromatic rings. The van der Waals surface area contributed by atoms with Gasteiger partial charge in [0, 0.05) is 5.69 Å². The van der Waals surface area contributed by atoms with Crippen molar-refractivity contribution in [3.05, 3.63) is 90.0 Å². The molecular formula is C23H24N2O4S. The van der Waals surface area contributed by atoms with E-state index < -0.39 is 10.0 Å². The minimum atomic E-state index is -3.46. The summed E-state index contributed by atoms with van der Waals surface area (Å²) in [7, 11) is -3.46. The topological polar surface area (TPSA) is 75.7 Å². The second-order valence-electron chi connectivity index (χ2n) is 6.96. The molecule has 3 aromatic carbocycles. The highest BCUT2D eigenvalue weighted by Crippen LogP contribution is 2.23. The molecular weight excluding hydrogens is 400 g/mol. The number of amides is 1. The first-order valence-electron chi connectivity index (χ1n) is 9.42. The standard InChI is InChI=1S/C23H24N2O4S/c1-18-7-6-10-20(15-18)24-23(26)17-29-22-13-11-21(12-14-22)25(30(2,27)28)16-19-8-4-3-5-9-19/h3-15H,16-17H2,1-2H3,(H,24,26). The lowest BCUT2D eigenvalue weighted by Crippen LogP contribution is -2.29. The molecule has 6 nitrogen and oxygen atoms in total. The van der Waals surface area contributed by atoms with Crippen LogP contribution in [-0.4, -0.2) is 27.2 Å². The Morgan fingerprint density at radius 3 is 2.30 bits per heavy atom. The average Bonchev–Trinajstić information content (AvgIpc) is 2.71. The van der Waals surface area contributed by atoms with Crippen LogP contribution in [0.2, 0.25) is 0 Å². The zero-order chi connectivity index (χ0) is 21.6. The van der Waals surface area contributed by atoms with Crippen molar-refractivity contribution in [1.29, 1.82) is 0 Å². The zero-order valence-electron chi connectivity index (χ0n) is 16.9. The Hall–Kier alpha value is -3.32. The van der Waals surface area contributed by atoms with Gasteiger partial charge < -0.3 is 10.1 Å². The molecule has 0 aliphatic rings. The van der Waals surface area contributed by atoms with Crippen molar-refractivity contribution in [2.24, 2.45) is 0 Å². The third-order valence-electron chi connectivity index (χ3n) is 4.37. The molecule has 1 amide bonds. The van der Waals surface area contributed by atoms with Crippen LogP contribution in [0.5, 0.6) is 5.75 Å². The molecule has 1 N–H and O–H groups in total. The number of anilines is 2. The summed E-state index contributed by atoms with van der Waals surface area (Å²) in [6.45, 7) is 2.04. The van der Waals surface area contributed by atoms with E-state index in [1.54, 1.807) is 24.3 Å². The Morgan fingerprint density at radius 1 is 0.967 bits per heavy atom. The molecule has 0 aliphatic carbocycles. The van der Waals surface area contributed by atoms with Crippen molar-refractivity contribution in [2.45, 2.75) is 13.5 Å². The van der Waals surface area contributed by atoms with Gasteiger partial charge in [-0.25, -0.2) is 8.42 Å². The molecule has 30 heavy (non-hydrogen) atoms. The lowest BCUT2D eigenvalue weighted by molar-refractivity contribution is -0.118. The fourth-order valence-electron chi connectivity index (χ4n) is 2.93. The summed E-state index contributed by atoms with van der Waals surface area (Å²) in [4.78, 5) is 12.1. The quantitative estimate of drug-likeness (QED) is 0.594. The van der Waals surface area contributed by atoms with E-state index in [-0.39, 0.29) is 19.1 Å². The van der Waals surface area contributed by atoms with Crippen LogP contribution in [0.4, 0.5) is 11.4 Å². The van der Waals surface area contributed by atoms with Gasteiger partial charge in [-0.3, -0.25) is 9.10 Å². The van der Waals surface area contributed by atoms with Gasteiger partial charge in [-0.05, 0) is 54.4 Å². The van der Waals surface area contributed by atoms with Crippen LogP contribution in [0.25, 0.3) is 0 Å². The monoisotopic (exact) mass is 424 g/mol. The van der Waals surface area contributed by atoms with E-state index in [0.29, 0.717) is 17.1 Å². The fraction of sp³-hybridized carbons (Fsp3) is 0.174. The number of carbonyl (C=O) groups excluding carboxylic acids is 1. The first kappa shape index (κ1) is 21.4. The molecule has 0 fully saturated rings. The van der Waals surface area contributed by atoms with Crippen LogP contribution in [0.15, 0.2) is 78.9 Å². The van der Waals surface area contributed by atoms with Gasteiger partial charge in [-0.2, -0.15) is 0 Å². The van der Waals surface area contributed by atoms with Gasteiger partial charge in [0.15, 0.2) is 6.61 Å². The molecule has 156 valence electrons. The van der Waals surface area contributed by atoms with Crippen LogP contribution in [0.3, 0.4) is 0 Å². The third-order valence-corrected chi connectivity index (χ3v) is 5.51. The molecule has 7 heteroatoms. The minimum absolute atomic E-state index is 0.146. The molecule has 0 saturated heterocycles. The van der Waals surface area contributed by atoms with E-state index >= 15 is 0 Å². The number of ether oxygens (including phenoxy) is 1. The van der Waals surface area contributed by atoms with Crippen LogP contribution in [0.1, 0.15) is 11.1 Å². The summed E-state index contributed by atoms with van der Waals surface area (Å²) < 4.78 is 31.4. The van der Waals surface area contributed by atoms with Crippen LogP contribution in [-0.2, 0) is 21.4 Å². The van der Waals surface area contributed by atoms with Crippen LogP contribution < -0.4 is 14.4 Å². The molecule has 0 radical (unpaired) electrons. The number of hydrogen-bond acceptors (Lipinski definition) is 4. The second-order valence-corrected chi connectivity index (χ2v) is 8.86. The maximum absolute atomic E-state index is 12.3. The van der Waals surface area contributed by atoms with Crippen molar-refractivity contribution in [3.63, 3.8) is 0 Å². The second kappa shape index (κ2) is 9.45. The number of benzene rings is 3. The Bertz CT molecular complexity index is 1100. The van der Waals surface area contributed by atoms with Gasteiger partial charge in [0.25, 0.3) is 5.91 Å². The highest BCUT2D eigenvalue weighted by molar-refractivity contribution is 7.92. The smallest absolute Gasteiger partial charge is 0.262 e. The van der Waals surface area contributed by atoms with E-state index in [1.807, 2.05) is 61.5 Å². The summed E-state index contributed by atoms with van der Waals surface area (Å²) in [5.41, 5.74) is 3.17. The molecule has 0 aromatic heterocycles. The van der Waals surface area contributed by atoms with Crippen molar-refractivity contribution in [3.8, 4) is 5.75 Å². The highest BCUT2D eigenvalue weighted by Gasteiger charge is 2.18. The number of nitrogens with one attached hydrogen (secondary N) is 1. The van der Waals surface area contributed by atoms with Crippen LogP contribution >= 0.6 is 0 Å². The van der Waals surface area contributed by atoms with E-state index in [0.717, 1.165) is 11.1 Å². The largest absolute Gasteiger partial charge is 0.484 e. The summed E-state index contributed by atoms with van der Waals surface area (Å²) >= 11 is 0. The Kier molecular flexibility index (Phi) is 6.74. The van der Waals surface area contributed by atoms with E-state index in [2.05, 4.69) is 5.32 Å². The van der Waals surface area contributed by atoms with Gasteiger partial charge in [0.1, 0.15) is 5.75 Å². The van der Waals surface area contributed by atoms with Gasteiger partial charge in [-0.1, -0.05) is 42.5 Å². The van der Waals surface area contributed by atoms with E-state index in [1.165, 1.54) is 10.6 Å². The number of aryl methyl sites for hydroxylation is 1. The Morgan fingerprint density at radius 2 is 1.67 bits per heavy atom. The van der Waals surface area contributed by atoms with Gasteiger partial charge in [0.05, 0.1) is 18.5 Å². The molecule has 0 aliphatic heterocycles. The molecule has 0 atom stereocenters. The zero-order valence-corrected chi connectivity index (χ0v) is 17.7. The van der Waals surface area contributed by atoms with Gasteiger partial charge in [0.2, 0.25) is 10.0 Å². The fourth-order valence-corrected chi connectivity index (χ4v) is 3.81. The number of hydrogen-bond donors (Lipinski definition) is 1. The van der Waals surface area contributed by atoms with Crippen molar-refractivity contribution in [1.82, 2.24) is 0 Å². The summed E-state index contributed by atoms with van der Waals surface area (Å²) in [5.74, 6) is 0.206.